The van der Waals surface area contributed by atoms with Crippen molar-refractivity contribution in [3.63, 3.8) is 0 Å². The molecule has 0 fully saturated rings. The van der Waals surface area contributed by atoms with Crippen molar-refractivity contribution >= 4 is 39.2 Å². The Morgan fingerprint density at radius 3 is 2.81 bits per heavy atom. The summed E-state index contributed by atoms with van der Waals surface area (Å²) in [5, 5.41) is 4.96. The fraction of sp³-hybridized carbons (Fsp3) is 0.176. The van der Waals surface area contributed by atoms with Crippen molar-refractivity contribution in [2.45, 2.75) is 12.5 Å². The van der Waals surface area contributed by atoms with Crippen molar-refractivity contribution < 1.29 is 0 Å². The highest BCUT2D eigenvalue weighted by Gasteiger charge is 2.23. The van der Waals surface area contributed by atoms with Crippen molar-refractivity contribution in [1.29, 1.82) is 0 Å². The van der Waals surface area contributed by atoms with Crippen molar-refractivity contribution in [3.05, 3.63) is 69.8 Å². The van der Waals surface area contributed by atoms with Crippen molar-refractivity contribution in [2.24, 2.45) is 0 Å². The van der Waals surface area contributed by atoms with Gasteiger partial charge in [-0.2, -0.15) is 0 Å². The summed E-state index contributed by atoms with van der Waals surface area (Å²) >= 11 is 3.60. The fourth-order valence-electron chi connectivity index (χ4n) is 3.13. The van der Waals surface area contributed by atoms with E-state index in [0.29, 0.717) is 0 Å². The summed E-state index contributed by atoms with van der Waals surface area (Å²) in [6.45, 7) is 1.03. The van der Waals surface area contributed by atoms with E-state index in [4.69, 9.17) is 0 Å². The van der Waals surface area contributed by atoms with Gasteiger partial charge in [-0.05, 0) is 41.3 Å². The second-order valence-electron chi connectivity index (χ2n) is 5.27. The molecule has 0 spiro atoms. The highest BCUT2D eigenvalue weighted by atomic mass is 79.9. The Balaban J connectivity index is 0.00000132. The summed E-state index contributed by atoms with van der Waals surface area (Å²) in [4.78, 5) is 3.38. The standard InChI is InChI=1S/C17H15BrN2.ClH/c18-12-6-5-11-7-8-19-17(14(11)9-12)15-10-20-16-4-2-1-3-13(15)16;/h1-6,9-10,17,19-20H,7-8H2;1H. The summed E-state index contributed by atoms with van der Waals surface area (Å²) in [7, 11) is 0. The molecule has 2 heterocycles. The number of nitrogens with one attached hydrogen (secondary N) is 2. The van der Waals surface area contributed by atoms with E-state index in [2.05, 4.69) is 74.9 Å². The topological polar surface area (TPSA) is 27.8 Å². The zero-order valence-corrected chi connectivity index (χ0v) is 13.8. The number of hydrogen-bond acceptors (Lipinski definition) is 1. The lowest BCUT2D eigenvalue weighted by atomic mass is 9.90. The van der Waals surface area contributed by atoms with Gasteiger partial charge in [0.25, 0.3) is 0 Å². The van der Waals surface area contributed by atoms with E-state index in [0.717, 1.165) is 17.4 Å². The lowest BCUT2D eigenvalue weighted by molar-refractivity contribution is 0.570. The molecule has 1 atom stereocenters. The van der Waals surface area contributed by atoms with Gasteiger partial charge in [-0.15, -0.1) is 12.4 Å². The Labute approximate surface area is 138 Å². The average Bonchev–Trinajstić information content (AvgIpc) is 2.90. The molecular formula is C17H16BrClN2. The molecule has 2 N–H and O–H groups in total. The first-order valence-electron chi connectivity index (χ1n) is 6.90. The molecule has 1 unspecified atom stereocenters. The maximum atomic E-state index is 3.66. The molecular weight excluding hydrogens is 348 g/mol. The van der Waals surface area contributed by atoms with E-state index in [1.165, 1.54) is 27.6 Å². The average molecular weight is 364 g/mol. The third kappa shape index (κ3) is 2.50. The molecule has 2 nitrogen and oxygen atoms in total. The Kier molecular flexibility index (Phi) is 4.07. The molecule has 21 heavy (non-hydrogen) atoms. The summed E-state index contributed by atoms with van der Waals surface area (Å²) in [6, 6.07) is 15.4. The number of hydrogen-bond donors (Lipinski definition) is 2. The van der Waals surface area contributed by atoms with Crippen LogP contribution in [0.5, 0.6) is 0 Å². The van der Waals surface area contributed by atoms with Crippen LogP contribution in [0.4, 0.5) is 0 Å². The number of para-hydroxylation sites is 1. The van der Waals surface area contributed by atoms with E-state index in [1.54, 1.807) is 0 Å². The van der Waals surface area contributed by atoms with Gasteiger partial charge in [0.1, 0.15) is 0 Å². The molecule has 3 aromatic rings. The van der Waals surface area contributed by atoms with Crippen LogP contribution >= 0.6 is 28.3 Å². The van der Waals surface area contributed by atoms with E-state index in [1.807, 2.05) is 0 Å². The van der Waals surface area contributed by atoms with Crippen LogP contribution in [0.2, 0.25) is 0 Å². The molecule has 0 amide bonds. The van der Waals surface area contributed by atoms with Gasteiger partial charge in [-0.1, -0.05) is 40.2 Å². The third-order valence-electron chi connectivity index (χ3n) is 4.09. The van der Waals surface area contributed by atoms with Crippen LogP contribution in [0.1, 0.15) is 22.7 Å². The highest BCUT2D eigenvalue weighted by molar-refractivity contribution is 9.10. The maximum absolute atomic E-state index is 3.66. The van der Waals surface area contributed by atoms with Gasteiger partial charge in [0.2, 0.25) is 0 Å². The minimum Gasteiger partial charge on any atom is -0.361 e. The summed E-state index contributed by atoms with van der Waals surface area (Å²) in [6.07, 6.45) is 3.24. The number of fused-ring (bicyclic) bond motifs is 2. The van der Waals surface area contributed by atoms with Crippen LogP contribution in [-0.4, -0.2) is 11.5 Å². The predicted molar refractivity (Wildman–Crippen MR) is 93.2 cm³/mol. The maximum Gasteiger partial charge on any atom is 0.0601 e. The lowest BCUT2D eigenvalue weighted by Crippen LogP contribution is -2.30. The lowest BCUT2D eigenvalue weighted by Gasteiger charge is -2.27. The molecule has 0 bridgehead atoms. The third-order valence-corrected chi connectivity index (χ3v) is 4.59. The van der Waals surface area contributed by atoms with Crippen molar-refractivity contribution in [1.82, 2.24) is 10.3 Å². The molecule has 2 aromatic carbocycles. The number of aromatic amines is 1. The molecule has 0 radical (unpaired) electrons. The SMILES string of the molecule is Brc1ccc2c(c1)C(c1c[nH]c3ccccc13)NCC2.Cl. The van der Waals surface area contributed by atoms with Gasteiger partial charge >= 0.3 is 0 Å². The first-order valence-corrected chi connectivity index (χ1v) is 7.70. The fourth-order valence-corrected chi connectivity index (χ4v) is 3.51. The van der Waals surface area contributed by atoms with Gasteiger partial charge in [-0.3, -0.25) is 0 Å². The molecule has 1 aliphatic rings. The van der Waals surface area contributed by atoms with Gasteiger partial charge in [-0.25, -0.2) is 0 Å². The Hall–Kier alpha value is -1.29. The minimum absolute atomic E-state index is 0. The van der Waals surface area contributed by atoms with Gasteiger partial charge < -0.3 is 10.3 Å². The van der Waals surface area contributed by atoms with Crippen LogP contribution in [0.15, 0.2) is 53.1 Å². The van der Waals surface area contributed by atoms with Gasteiger partial charge in [0.15, 0.2) is 0 Å². The largest absolute Gasteiger partial charge is 0.361 e. The number of rotatable bonds is 1. The molecule has 1 aromatic heterocycles. The minimum atomic E-state index is 0. The molecule has 108 valence electrons. The monoisotopic (exact) mass is 362 g/mol. The quantitative estimate of drug-likeness (QED) is 0.650. The summed E-state index contributed by atoms with van der Waals surface area (Å²) in [5.74, 6) is 0. The number of benzene rings is 2. The van der Waals surface area contributed by atoms with Crippen molar-refractivity contribution in [3.8, 4) is 0 Å². The van der Waals surface area contributed by atoms with Crippen LogP contribution < -0.4 is 5.32 Å². The van der Waals surface area contributed by atoms with E-state index >= 15 is 0 Å². The Bertz CT molecular complexity index is 781. The second-order valence-corrected chi connectivity index (χ2v) is 6.19. The van der Waals surface area contributed by atoms with Crippen LogP contribution in [0, 0.1) is 0 Å². The summed E-state index contributed by atoms with van der Waals surface area (Å²) < 4.78 is 1.14. The number of aromatic nitrogens is 1. The van der Waals surface area contributed by atoms with Crippen molar-refractivity contribution in [2.75, 3.05) is 6.54 Å². The molecule has 0 aliphatic carbocycles. The number of halogens is 2. The molecule has 0 saturated carbocycles. The smallest absolute Gasteiger partial charge is 0.0601 e. The zero-order valence-electron chi connectivity index (χ0n) is 11.4. The van der Waals surface area contributed by atoms with E-state index in [9.17, 15) is 0 Å². The van der Waals surface area contributed by atoms with E-state index in [-0.39, 0.29) is 18.4 Å². The van der Waals surface area contributed by atoms with Crippen LogP contribution in [0.25, 0.3) is 10.9 Å². The summed E-state index contributed by atoms with van der Waals surface area (Å²) in [5.41, 5.74) is 5.36. The Morgan fingerprint density at radius 2 is 1.90 bits per heavy atom. The normalized spacial score (nSPS) is 17.3. The first kappa shape index (κ1) is 14.6. The van der Waals surface area contributed by atoms with Gasteiger partial charge in [0, 0.05) is 28.1 Å². The second kappa shape index (κ2) is 5.84. The molecule has 4 rings (SSSR count). The van der Waals surface area contributed by atoms with Crippen LogP contribution in [-0.2, 0) is 6.42 Å². The predicted octanol–water partition coefficient (Wildman–Crippen LogP) is 4.59. The van der Waals surface area contributed by atoms with E-state index < -0.39 is 0 Å². The Morgan fingerprint density at radius 1 is 1.05 bits per heavy atom. The molecule has 1 aliphatic heterocycles. The number of H-pyrrole nitrogens is 1. The first-order chi connectivity index (χ1) is 9.83. The molecule has 4 heteroatoms. The van der Waals surface area contributed by atoms with Crippen LogP contribution in [0.3, 0.4) is 0 Å². The molecule has 0 saturated heterocycles. The van der Waals surface area contributed by atoms with Gasteiger partial charge in [0.05, 0.1) is 6.04 Å². The highest BCUT2D eigenvalue weighted by Crippen LogP contribution is 2.34. The zero-order chi connectivity index (χ0) is 13.5.